The number of amides is 1. The van der Waals surface area contributed by atoms with Gasteiger partial charge in [-0.1, -0.05) is 0 Å². The van der Waals surface area contributed by atoms with Gasteiger partial charge in [-0.05, 0) is 12.8 Å². The van der Waals surface area contributed by atoms with Crippen LogP contribution in [0.25, 0.3) is 0 Å². The Bertz CT molecular complexity index is 550. The maximum atomic E-state index is 11.4. The third-order valence-corrected chi connectivity index (χ3v) is 2.59. The van der Waals surface area contributed by atoms with Gasteiger partial charge in [0.2, 0.25) is 5.91 Å². The van der Waals surface area contributed by atoms with Gasteiger partial charge < -0.3 is 20.7 Å². The van der Waals surface area contributed by atoms with Crippen molar-refractivity contribution in [3.63, 3.8) is 0 Å². The van der Waals surface area contributed by atoms with E-state index in [0.29, 0.717) is 17.6 Å². The molecule has 1 aromatic rings. The normalized spacial score (nSPS) is 13.9. The van der Waals surface area contributed by atoms with Crippen molar-refractivity contribution in [1.82, 2.24) is 15.3 Å². The van der Waals surface area contributed by atoms with E-state index in [1.54, 1.807) is 0 Å². The fourth-order valence-electron chi connectivity index (χ4n) is 1.52. The molecule has 0 aromatic carbocycles. The first-order valence-corrected chi connectivity index (χ1v) is 5.88. The predicted octanol–water partition coefficient (Wildman–Crippen LogP) is -0.740. The molecule has 102 valence electrons. The molecule has 4 N–H and O–H groups in total. The quantitative estimate of drug-likeness (QED) is 0.537. The Labute approximate surface area is 108 Å². The van der Waals surface area contributed by atoms with Gasteiger partial charge in [-0.25, -0.2) is 4.98 Å². The summed E-state index contributed by atoms with van der Waals surface area (Å²) in [5.74, 6) is -0.344. The lowest BCUT2D eigenvalue weighted by molar-refractivity contribution is -0.137. The highest BCUT2D eigenvalue weighted by Crippen LogP contribution is 2.37. The van der Waals surface area contributed by atoms with Crippen molar-refractivity contribution < 1.29 is 14.7 Å². The molecule has 1 heterocycles. The van der Waals surface area contributed by atoms with Crippen LogP contribution in [0, 0.1) is 0 Å². The second-order valence-corrected chi connectivity index (χ2v) is 4.31. The maximum Gasteiger partial charge on any atom is 0.322 e. The number of carboxylic acid groups (broad SMARTS) is 1. The Balaban J connectivity index is 1.90. The van der Waals surface area contributed by atoms with Gasteiger partial charge in [-0.3, -0.25) is 14.4 Å². The van der Waals surface area contributed by atoms with Gasteiger partial charge >= 0.3 is 5.97 Å². The van der Waals surface area contributed by atoms with Crippen molar-refractivity contribution >= 4 is 17.7 Å². The van der Waals surface area contributed by atoms with E-state index in [0.717, 1.165) is 12.8 Å². The van der Waals surface area contributed by atoms with Crippen LogP contribution < -0.4 is 16.2 Å². The summed E-state index contributed by atoms with van der Waals surface area (Å²) in [6, 6.07) is 1.26. The maximum absolute atomic E-state index is 11.4. The molecule has 8 heteroatoms. The number of nitrogens with zero attached hydrogens (tertiary/aromatic N) is 1. The number of nitrogens with one attached hydrogen (secondary N) is 3. The average molecular weight is 266 g/mol. The molecule has 0 atom stereocenters. The molecule has 1 amide bonds. The standard InChI is InChI=1S/C11H14N4O4/c16-8-3-7(14-11(15-8)6-1-2-6)12-4-9(17)13-5-10(18)19/h3,6H,1-2,4-5H2,(H,13,17)(H,18,19)(H2,12,14,15,16). The molecule has 1 saturated carbocycles. The predicted molar refractivity (Wildman–Crippen MR) is 66.0 cm³/mol. The van der Waals surface area contributed by atoms with Crippen LogP contribution in [0.2, 0.25) is 0 Å². The van der Waals surface area contributed by atoms with Crippen LogP contribution in [0.1, 0.15) is 24.6 Å². The number of carbonyl (C=O) groups excluding carboxylic acids is 1. The van der Waals surface area contributed by atoms with Crippen molar-refractivity contribution in [2.45, 2.75) is 18.8 Å². The number of aromatic amines is 1. The molecule has 1 aliphatic rings. The largest absolute Gasteiger partial charge is 0.480 e. The molecule has 0 radical (unpaired) electrons. The first-order chi connectivity index (χ1) is 9.04. The Morgan fingerprint density at radius 3 is 2.79 bits per heavy atom. The number of hydrogen-bond donors (Lipinski definition) is 4. The van der Waals surface area contributed by atoms with Crippen LogP contribution in [0.4, 0.5) is 5.82 Å². The van der Waals surface area contributed by atoms with Gasteiger partial charge in [-0.15, -0.1) is 0 Å². The Kier molecular flexibility index (Phi) is 3.79. The summed E-state index contributed by atoms with van der Waals surface area (Å²) in [6.07, 6.45) is 2.01. The van der Waals surface area contributed by atoms with Crippen LogP contribution >= 0.6 is 0 Å². The lowest BCUT2D eigenvalue weighted by Crippen LogP contribution is -2.34. The van der Waals surface area contributed by atoms with E-state index in [1.807, 2.05) is 0 Å². The van der Waals surface area contributed by atoms with Gasteiger partial charge in [0.15, 0.2) is 0 Å². The topological polar surface area (TPSA) is 124 Å². The van der Waals surface area contributed by atoms with Crippen LogP contribution in [0.5, 0.6) is 0 Å². The third-order valence-electron chi connectivity index (χ3n) is 2.59. The molecular weight excluding hydrogens is 252 g/mol. The average Bonchev–Trinajstić information content (AvgIpc) is 3.17. The summed E-state index contributed by atoms with van der Waals surface area (Å²) in [5, 5.41) is 13.3. The van der Waals surface area contributed by atoms with E-state index in [2.05, 4.69) is 20.6 Å². The van der Waals surface area contributed by atoms with Crippen LogP contribution in [-0.4, -0.2) is 40.0 Å². The Hall–Kier alpha value is -2.38. The zero-order valence-electron chi connectivity index (χ0n) is 10.1. The zero-order valence-corrected chi connectivity index (χ0v) is 10.1. The lowest BCUT2D eigenvalue weighted by Gasteiger charge is -2.06. The van der Waals surface area contributed by atoms with Crippen LogP contribution in [0.15, 0.2) is 10.9 Å². The number of carboxylic acids is 1. The van der Waals surface area contributed by atoms with E-state index in [1.165, 1.54) is 6.07 Å². The molecule has 0 unspecified atom stereocenters. The number of carbonyl (C=O) groups is 2. The molecule has 0 aliphatic heterocycles. The number of aromatic nitrogens is 2. The summed E-state index contributed by atoms with van der Waals surface area (Å²) in [6.45, 7) is -0.565. The Morgan fingerprint density at radius 1 is 1.42 bits per heavy atom. The van der Waals surface area contributed by atoms with Crippen LogP contribution in [0.3, 0.4) is 0 Å². The van der Waals surface area contributed by atoms with Crippen molar-refractivity contribution in [2.24, 2.45) is 0 Å². The molecule has 1 aliphatic carbocycles. The van der Waals surface area contributed by atoms with Crippen molar-refractivity contribution in [1.29, 1.82) is 0 Å². The van der Waals surface area contributed by atoms with Crippen molar-refractivity contribution in [3.05, 3.63) is 22.2 Å². The second-order valence-electron chi connectivity index (χ2n) is 4.31. The SMILES string of the molecule is O=C(O)CNC(=O)CNc1cc(=O)[nH]c(C2CC2)n1. The smallest absolute Gasteiger partial charge is 0.322 e. The highest BCUT2D eigenvalue weighted by molar-refractivity contribution is 5.84. The summed E-state index contributed by atoms with van der Waals surface area (Å²) >= 11 is 0. The summed E-state index contributed by atoms with van der Waals surface area (Å²) < 4.78 is 0. The van der Waals surface area contributed by atoms with Gasteiger partial charge in [0.1, 0.15) is 18.2 Å². The molecule has 0 saturated heterocycles. The first-order valence-electron chi connectivity index (χ1n) is 5.88. The van der Waals surface area contributed by atoms with Gasteiger partial charge in [-0.2, -0.15) is 0 Å². The summed E-state index contributed by atoms with van der Waals surface area (Å²) in [4.78, 5) is 39.8. The molecule has 0 bridgehead atoms. The van der Waals surface area contributed by atoms with E-state index in [-0.39, 0.29) is 12.1 Å². The van der Waals surface area contributed by atoms with Gasteiger partial charge in [0.05, 0.1) is 6.54 Å². The highest BCUT2D eigenvalue weighted by Gasteiger charge is 2.26. The van der Waals surface area contributed by atoms with Crippen LogP contribution in [-0.2, 0) is 9.59 Å². The van der Waals surface area contributed by atoms with E-state index >= 15 is 0 Å². The van der Waals surface area contributed by atoms with Crippen molar-refractivity contribution in [3.8, 4) is 0 Å². The number of aliphatic carboxylic acids is 1. The van der Waals surface area contributed by atoms with Gasteiger partial charge in [0.25, 0.3) is 5.56 Å². The first kappa shape index (κ1) is 13.1. The molecule has 1 fully saturated rings. The molecule has 19 heavy (non-hydrogen) atoms. The molecule has 0 spiro atoms. The highest BCUT2D eigenvalue weighted by atomic mass is 16.4. The fourth-order valence-corrected chi connectivity index (χ4v) is 1.52. The molecule has 8 nitrogen and oxygen atoms in total. The Morgan fingerprint density at radius 2 is 2.16 bits per heavy atom. The van der Waals surface area contributed by atoms with Crippen molar-refractivity contribution in [2.75, 3.05) is 18.4 Å². The minimum Gasteiger partial charge on any atom is -0.480 e. The van der Waals surface area contributed by atoms with E-state index in [4.69, 9.17) is 5.11 Å². The van der Waals surface area contributed by atoms with E-state index < -0.39 is 18.4 Å². The minimum absolute atomic E-state index is 0.131. The fraction of sp³-hybridized carbons (Fsp3) is 0.455. The molecule has 2 rings (SSSR count). The number of H-pyrrole nitrogens is 1. The zero-order chi connectivity index (χ0) is 13.8. The minimum atomic E-state index is -1.11. The lowest BCUT2D eigenvalue weighted by atomic mass is 10.4. The molecular formula is C11H14N4O4. The molecule has 1 aromatic heterocycles. The number of anilines is 1. The third kappa shape index (κ3) is 4.09. The number of hydrogen-bond acceptors (Lipinski definition) is 5. The van der Waals surface area contributed by atoms with E-state index in [9.17, 15) is 14.4 Å². The monoisotopic (exact) mass is 266 g/mol. The summed E-state index contributed by atoms with van der Waals surface area (Å²) in [7, 11) is 0. The second kappa shape index (κ2) is 5.51. The number of rotatable bonds is 6. The summed E-state index contributed by atoms with van der Waals surface area (Å²) in [5.41, 5.74) is -0.273. The van der Waals surface area contributed by atoms with Gasteiger partial charge in [0, 0.05) is 12.0 Å².